The minimum absolute atomic E-state index is 0.142. The maximum atomic E-state index is 13.4. The first-order valence-corrected chi connectivity index (χ1v) is 4.35. The summed E-state index contributed by atoms with van der Waals surface area (Å²) in [6.07, 6.45) is 2.42. The van der Waals surface area contributed by atoms with E-state index in [1.807, 2.05) is 13.8 Å². The maximum Gasteiger partial charge on any atom is 0.128 e. The summed E-state index contributed by atoms with van der Waals surface area (Å²) in [5.74, 6) is -0.142. The zero-order valence-corrected chi connectivity index (χ0v) is 7.69. The summed E-state index contributed by atoms with van der Waals surface area (Å²) in [7, 11) is 0. The third kappa shape index (κ3) is 1.11. The van der Waals surface area contributed by atoms with Gasteiger partial charge in [0.2, 0.25) is 0 Å². The Labute approximate surface area is 75.8 Å². The first kappa shape index (κ1) is 8.23. The predicted octanol–water partition coefficient (Wildman–Crippen LogP) is 2.57. The molecule has 2 rings (SSSR count). The molecular formula is C10H11FN2. The van der Waals surface area contributed by atoms with E-state index < -0.39 is 0 Å². The molecule has 0 atom stereocenters. The molecule has 0 aliphatic rings. The second-order valence-corrected chi connectivity index (χ2v) is 3.17. The van der Waals surface area contributed by atoms with Crippen molar-refractivity contribution >= 4 is 10.9 Å². The third-order valence-corrected chi connectivity index (χ3v) is 2.35. The molecular weight excluding hydrogens is 167 g/mol. The number of aromatic amines is 1. The molecule has 13 heavy (non-hydrogen) atoms. The minimum Gasteiger partial charge on any atom is -0.277 e. The molecule has 0 spiro atoms. The zero-order valence-electron chi connectivity index (χ0n) is 7.69. The van der Waals surface area contributed by atoms with Crippen LogP contribution in [-0.2, 0) is 6.42 Å². The van der Waals surface area contributed by atoms with Crippen molar-refractivity contribution in [2.45, 2.75) is 20.3 Å². The molecule has 2 aromatic rings. The molecule has 0 radical (unpaired) electrons. The fraction of sp³-hybridized carbons (Fsp3) is 0.300. The summed E-state index contributed by atoms with van der Waals surface area (Å²) in [5.41, 5.74) is 2.48. The second kappa shape index (κ2) is 2.83. The average Bonchev–Trinajstić information content (AvgIpc) is 2.53. The number of hydrogen-bond donors (Lipinski definition) is 1. The monoisotopic (exact) mass is 178 g/mol. The molecule has 0 amide bonds. The van der Waals surface area contributed by atoms with Crippen LogP contribution in [0.2, 0.25) is 0 Å². The van der Waals surface area contributed by atoms with Gasteiger partial charge < -0.3 is 0 Å². The van der Waals surface area contributed by atoms with Gasteiger partial charge >= 0.3 is 0 Å². The number of halogens is 1. The van der Waals surface area contributed by atoms with Gasteiger partial charge in [-0.05, 0) is 25.0 Å². The Morgan fingerprint density at radius 2 is 2.31 bits per heavy atom. The number of H-pyrrole nitrogens is 1. The third-order valence-electron chi connectivity index (χ3n) is 2.35. The highest BCUT2D eigenvalue weighted by Gasteiger charge is 2.09. The lowest BCUT2D eigenvalue weighted by Gasteiger charge is -2.03. The van der Waals surface area contributed by atoms with E-state index in [-0.39, 0.29) is 5.82 Å². The van der Waals surface area contributed by atoms with Gasteiger partial charge in [0.05, 0.1) is 11.7 Å². The number of aromatic nitrogens is 2. The molecule has 68 valence electrons. The zero-order chi connectivity index (χ0) is 9.42. The fourth-order valence-electron chi connectivity index (χ4n) is 1.64. The molecule has 2 nitrogen and oxygen atoms in total. The van der Waals surface area contributed by atoms with E-state index in [0.717, 1.165) is 22.0 Å². The van der Waals surface area contributed by atoms with Crippen LogP contribution in [0.5, 0.6) is 0 Å². The van der Waals surface area contributed by atoms with Crippen molar-refractivity contribution in [1.82, 2.24) is 10.2 Å². The van der Waals surface area contributed by atoms with E-state index >= 15 is 0 Å². The van der Waals surface area contributed by atoms with Gasteiger partial charge in [0, 0.05) is 10.9 Å². The van der Waals surface area contributed by atoms with E-state index in [1.165, 1.54) is 0 Å². The predicted molar refractivity (Wildman–Crippen MR) is 50.2 cm³/mol. The Hall–Kier alpha value is -1.38. The van der Waals surface area contributed by atoms with E-state index in [4.69, 9.17) is 0 Å². The number of nitrogens with one attached hydrogen (secondary N) is 1. The molecule has 1 aromatic heterocycles. The molecule has 1 heterocycles. The Morgan fingerprint density at radius 3 is 3.00 bits per heavy atom. The lowest BCUT2D eigenvalue weighted by molar-refractivity contribution is 0.613. The standard InChI is InChI=1S/C10H11FN2/c1-3-7-9(11)4-6(2)8-5-12-13-10(7)8/h4-5H,3H2,1-2H3,(H,12,13). The number of hydrogen-bond acceptors (Lipinski definition) is 1. The van der Waals surface area contributed by atoms with Crippen molar-refractivity contribution in [3.8, 4) is 0 Å². The van der Waals surface area contributed by atoms with E-state index in [0.29, 0.717) is 6.42 Å². The minimum atomic E-state index is -0.142. The second-order valence-electron chi connectivity index (χ2n) is 3.17. The first-order valence-electron chi connectivity index (χ1n) is 4.35. The van der Waals surface area contributed by atoms with Gasteiger partial charge in [-0.2, -0.15) is 5.10 Å². The molecule has 0 unspecified atom stereocenters. The van der Waals surface area contributed by atoms with E-state index in [9.17, 15) is 4.39 Å². The number of nitrogens with zero attached hydrogens (tertiary/aromatic N) is 1. The molecule has 1 N–H and O–H groups in total. The van der Waals surface area contributed by atoms with Gasteiger partial charge in [0.15, 0.2) is 0 Å². The van der Waals surface area contributed by atoms with Gasteiger partial charge in [0.1, 0.15) is 5.82 Å². The Kier molecular flexibility index (Phi) is 1.79. The van der Waals surface area contributed by atoms with Gasteiger partial charge in [-0.3, -0.25) is 5.10 Å². The molecule has 0 aliphatic carbocycles. The molecule has 1 aromatic carbocycles. The smallest absolute Gasteiger partial charge is 0.128 e. The number of aryl methyl sites for hydroxylation is 2. The largest absolute Gasteiger partial charge is 0.277 e. The van der Waals surface area contributed by atoms with Gasteiger partial charge in [-0.15, -0.1) is 0 Å². The Bertz CT molecular complexity index is 445. The highest BCUT2D eigenvalue weighted by atomic mass is 19.1. The van der Waals surface area contributed by atoms with Crippen LogP contribution in [-0.4, -0.2) is 10.2 Å². The van der Waals surface area contributed by atoms with Crippen LogP contribution >= 0.6 is 0 Å². The quantitative estimate of drug-likeness (QED) is 0.714. The van der Waals surface area contributed by atoms with Gasteiger partial charge in [-0.1, -0.05) is 6.92 Å². The van der Waals surface area contributed by atoms with Crippen LogP contribution < -0.4 is 0 Å². The van der Waals surface area contributed by atoms with Crippen LogP contribution in [0.25, 0.3) is 10.9 Å². The van der Waals surface area contributed by atoms with Gasteiger partial charge in [-0.25, -0.2) is 4.39 Å². The summed E-state index contributed by atoms with van der Waals surface area (Å²) >= 11 is 0. The summed E-state index contributed by atoms with van der Waals surface area (Å²) in [5, 5.41) is 7.76. The topological polar surface area (TPSA) is 28.7 Å². The van der Waals surface area contributed by atoms with Crippen molar-refractivity contribution < 1.29 is 4.39 Å². The molecule has 0 aliphatic heterocycles. The van der Waals surface area contributed by atoms with E-state index in [1.54, 1.807) is 12.3 Å². The summed E-state index contributed by atoms with van der Waals surface area (Å²) in [4.78, 5) is 0. The maximum absolute atomic E-state index is 13.4. The summed E-state index contributed by atoms with van der Waals surface area (Å²) < 4.78 is 13.4. The summed E-state index contributed by atoms with van der Waals surface area (Å²) in [6.45, 7) is 3.83. The number of fused-ring (bicyclic) bond motifs is 1. The molecule has 0 saturated heterocycles. The number of benzene rings is 1. The van der Waals surface area contributed by atoms with Crippen molar-refractivity contribution in [3.63, 3.8) is 0 Å². The Morgan fingerprint density at radius 1 is 1.54 bits per heavy atom. The fourth-order valence-corrected chi connectivity index (χ4v) is 1.64. The molecule has 0 bridgehead atoms. The normalized spacial score (nSPS) is 11.0. The van der Waals surface area contributed by atoms with E-state index in [2.05, 4.69) is 10.2 Å². The van der Waals surface area contributed by atoms with Crippen LogP contribution in [0.4, 0.5) is 4.39 Å². The van der Waals surface area contributed by atoms with Crippen molar-refractivity contribution in [1.29, 1.82) is 0 Å². The van der Waals surface area contributed by atoms with Crippen LogP contribution in [0.1, 0.15) is 18.1 Å². The number of rotatable bonds is 1. The molecule has 0 fully saturated rings. The van der Waals surface area contributed by atoms with Crippen LogP contribution in [0.3, 0.4) is 0 Å². The van der Waals surface area contributed by atoms with Crippen molar-refractivity contribution in [3.05, 3.63) is 29.2 Å². The molecule has 3 heteroatoms. The van der Waals surface area contributed by atoms with Gasteiger partial charge in [0.25, 0.3) is 0 Å². The lowest BCUT2D eigenvalue weighted by atomic mass is 10.0. The Balaban J connectivity index is 2.88. The van der Waals surface area contributed by atoms with Crippen LogP contribution in [0, 0.1) is 12.7 Å². The highest BCUT2D eigenvalue weighted by Crippen LogP contribution is 2.23. The summed E-state index contributed by atoms with van der Waals surface area (Å²) in [6, 6.07) is 1.57. The van der Waals surface area contributed by atoms with Crippen LogP contribution in [0.15, 0.2) is 12.3 Å². The van der Waals surface area contributed by atoms with Crippen molar-refractivity contribution in [2.24, 2.45) is 0 Å². The molecule has 0 saturated carbocycles. The lowest BCUT2D eigenvalue weighted by Crippen LogP contribution is -1.91. The highest BCUT2D eigenvalue weighted by molar-refractivity contribution is 5.84. The first-order chi connectivity index (χ1) is 6.24. The average molecular weight is 178 g/mol. The van der Waals surface area contributed by atoms with Crippen molar-refractivity contribution in [2.75, 3.05) is 0 Å². The SMILES string of the molecule is CCc1c(F)cc(C)c2cn[nH]c12.